The van der Waals surface area contributed by atoms with E-state index >= 15 is 0 Å². The molecule has 0 aliphatic carbocycles. The highest BCUT2D eigenvalue weighted by Crippen LogP contribution is 2.22. The van der Waals surface area contributed by atoms with Crippen molar-refractivity contribution in [2.75, 3.05) is 19.7 Å². The predicted molar refractivity (Wildman–Crippen MR) is 72.5 cm³/mol. The number of hydrogen-bond donors (Lipinski definition) is 2. The summed E-state index contributed by atoms with van der Waals surface area (Å²) in [4.78, 5) is 24.2. The predicted octanol–water partition coefficient (Wildman–Crippen LogP) is 0.470. The molecule has 1 amide bonds. The lowest BCUT2D eigenvalue weighted by Crippen LogP contribution is -2.48. The molecule has 6 nitrogen and oxygen atoms in total. The van der Waals surface area contributed by atoms with E-state index in [1.165, 1.54) is 6.92 Å². The first-order valence-corrected chi connectivity index (χ1v) is 6.49. The molecule has 0 aromatic heterocycles. The van der Waals surface area contributed by atoms with Gasteiger partial charge in [-0.1, -0.05) is 18.2 Å². The minimum absolute atomic E-state index is 0.257. The molecule has 0 fully saturated rings. The molecule has 108 valence electrons. The number of nitrogens with one attached hydrogen (secondary N) is 1. The van der Waals surface area contributed by atoms with Crippen molar-refractivity contribution in [2.24, 2.45) is 0 Å². The van der Waals surface area contributed by atoms with Crippen molar-refractivity contribution in [2.45, 2.75) is 19.5 Å². The molecule has 0 radical (unpaired) electrons. The highest BCUT2D eigenvalue weighted by atomic mass is 16.5. The topological polar surface area (TPSA) is 78.9 Å². The van der Waals surface area contributed by atoms with Gasteiger partial charge >= 0.3 is 5.97 Å². The zero-order valence-electron chi connectivity index (χ0n) is 11.3. The number of nitrogens with zero attached hydrogens (tertiary/aromatic N) is 1. The lowest BCUT2D eigenvalue weighted by Gasteiger charge is -2.23. The summed E-state index contributed by atoms with van der Waals surface area (Å²) in [6.07, 6.45) is 0. The number of rotatable bonds is 4. The van der Waals surface area contributed by atoms with Crippen molar-refractivity contribution < 1.29 is 19.4 Å². The second-order valence-electron chi connectivity index (χ2n) is 4.78. The molecule has 0 spiro atoms. The Morgan fingerprint density at radius 2 is 2.20 bits per heavy atom. The van der Waals surface area contributed by atoms with Gasteiger partial charge in [-0.3, -0.25) is 9.69 Å². The maximum atomic E-state index is 11.2. The van der Waals surface area contributed by atoms with E-state index in [9.17, 15) is 9.59 Å². The number of amides is 1. The summed E-state index contributed by atoms with van der Waals surface area (Å²) in [6.45, 7) is 3.31. The Bertz CT molecular complexity index is 504. The average Bonchev–Trinajstić information content (AvgIpc) is 2.58. The van der Waals surface area contributed by atoms with Gasteiger partial charge in [-0.25, -0.2) is 4.79 Å². The van der Waals surface area contributed by atoms with Crippen molar-refractivity contribution >= 4 is 11.9 Å². The fourth-order valence-electron chi connectivity index (χ4n) is 2.22. The van der Waals surface area contributed by atoms with Gasteiger partial charge < -0.3 is 15.2 Å². The molecule has 1 aliphatic heterocycles. The van der Waals surface area contributed by atoms with Gasteiger partial charge in [0.2, 0.25) is 5.91 Å². The van der Waals surface area contributed by atoms with E-state index < -0.39 is 12.0 Å². The van der Waals surface area contributed by atoms with Crippen molar-refractivity contribution in [1.29, 1.82) is 0 Å². The lowest BCUT2D eigenvalue weighted by molar-refractivity contribution is -0.142. The minimum atomic E-state index is -1.03. The lowest BCUT2D eigenvalue weighted by atomic mass is 10.2. The van der Waals surface area contributed by atoms with Crippen molar-refractivity contribution in [1.82, 2.24) is 10.2 Å². The summed E-state index contributed by atoms with van der Waals surface area (Å²) in [5.41, 5.74) is 1.02. The number of aliphatic carboxylic acids is 1. The van der Waals surface area contributed by atoms with Crippen molar-refractivity contribution in [3.8, 4) is 5.75 Å². The third kappa shape index (κ3) is 3.71. The maximum Gasteiger partial charge on any atom is 0.327 e. The van der Waals surface area contributed by atoms with Crippen LogP contribution in [0.25, 0.3) is 0 Å². The second-order valence-corrected chi connectivity index (χ2v) is 4.78. The molecule has 2 rings (SSSR count). The van der Waals surface area contributed by atoms with E-state index in [-0.39, 0.29) is 12.5 Å². The number of hydrogen-bond acceptors (Lipinski definition) is 4. The van der Waals surface area contributed by atoms with Crippen LogP contribution in [0.1, 0.15) is 12.5 Å². The fourth-order valence-corrected chi connectivity index (χ4v) is 2.22. The number of carboxylic acids is 1. The van der Waals surface area contributed by atoms with Crippen LogP contribution in [0.15, 0.2) is 24.3 Å². The number of para-hydroxylation sites is 1. The molecule has 0 bridgehead atoms. The van der Waals surface area contributed by atoms with Crippen LogP contribution >= 0.6 is 0 Å². The molecule has 1 unspecified atom stereocenters. The van der Waals surface area contributed by atoms with Gasteiger partial charge in [0, 0.05) is 32.1 Å². The first kappa shape index (κ1) is 14.3. The van der Waals surface area contributed by atoms with Crippen LogP contribution in [0.3, 0.4) is 0 Å². The molecule has 20 heavy (non-hydrogen) atoms. The Balaban J connectivity index is 2.05. The zero-order chi connectivity index (χ0) is 14.5. The van der Waals surface area contributed by atoms with Gasteiger partial charge in [-0.15, -0.1) is 0 Å². The van der Waals surface area contributed by atoms with Crippen LogP contribution in [0.5, 0.6) is 5.75 Å². The summed E-state index contributed by atoms with van der Waals surface area (Å²) in [5.74, 6) is -0.538. The van der Waals surface area contributed by atoms with Crippen molar-refractivity contribution in [3.63, 3.8) is 0 Å². The molecule has 1 aromatic carbocycles. The summed E-state index contributed by atoms with van der Waals surface area (Å²) in [7, 11) is 0. The SMILES string of the molecule is CC(=O)NC(CN1CCOc2ccccc2C1)C(=O)O. The van der Waals surface area contributed by atoms with Crippen LogP contribution in [0.4, 0.5) is 0 Å². The summed E-state index contributed by atoms with van der Waals surface area (Å²) in [5, 5.41) is 11.6. The van der Waals surface area contributed by atoms with Crippen LogP contribution in [0, 0.1) is 0 Å². The van der Waals surface area contributed by atoms with Gasteiger partial charge in [0.05, 0.1) is 0 Å². The summed E-state index contributed by atoms with van der Waals surface area (Å²) in [6, 6.07) is 6.79. The largest absolute Gasteiger partial charge is 0.492 e. The van der Waals surface area contributed by atoms with Gasteiger partial charge in [0.25, 0.3) is 0 Å². The van der Waals surface area contributed by atoms with Crippen LogP contribution in [0.2, 0.25) is 0 Å². The molecule has 1 heterocycles. The number of carbonyl (C=O) groups is 2. The normalized spacial score (nSPS) is 16.4. The van der Waals surface area contributed by atoms with E-state index in [0.717, 1.165) is 11.3 Å². The van der Waals surface area contributed by atoms with Crippen LogP contribution in [-0.2, 0) is 16.1 Å². The Labute approximate surface area is 117 Å². The van der Waals surface area contributed by atoms with Crippen LogP contribution < -0.4 is 10.1 Å². The Hall–Kier alpha value is -2.08. The number of carboxylic acid groups (broad SMARTS) is 1. The van der Waals surface area contributed by atoms with E-state index in [2.05, 4.69) is 5.32 Å². The highest BCUT2D eigenvalue weighted by Gasteiger charge is 2.23. The summed E-state index contributed by atoms with van der Waals surface area (Å²) >= 11 is 0. The Morgan fingerprint density at radius 1 is 1.45 bits per heavy atom. The van der Waals surface area contributed by atoms with E-state index in [0.29, 0.717) is 19.7 Å². The molecule has 6 heteroatoms. The van der Waals surface area contributed by atoms with E-state index in [4.69, 9.17) is 9.84 Å². The third-order valence-electron chi connectivity index (χ3n) is 3.15. The first-order valence-electron chi connectivity index (χ1n) is 6.49. The standard InChI is InChI=1S/C14H18N2O4/c1-10(17)15-12(14(18)19)9-16-6-7-20-13-5-3-2-4-11(13)8-16/h2-5,12H,6-9H2,1H3,(H,15,17)(H,18,19). The monoisotopic (exact) mass is 278 g/mol. The molecule has 1 atom stereocenters. The van der Waals surface area contributed by atoms with Gasteiger partial charge in [0.15, 0.2) is 0 Å². The highest BCUT2D eigenvalue weighted by molar-refractivity contribution is 5.82. The smallest absolute Gasteiger partial charge is 0.327 e. The number of fused-ring (bicyclic) bond motifs is 1. The van der Waals surface area contributed by atoms with Gasteiger partial charge in [0.1, 0.15) is 18.4 Å². The molecule has 1 aliphatic rings. The second kappa shape index (κ2) is 6.38. The summed E-state index contributed by atoms with van der Waals surface area (Å²) < 4.78 is 5.63. The third-order valence-corrected chi connectivity index (χ3v) is 3.15. The molecular weight excluding hydrogens is 260 g/mol. The van der Waals surface area contributed by atoms with Gasteiger partial charge in [-0.05, 0) is 6.07 Å². The fraction of sp³-hybridized carbons (Fsp3) is 0.429. The van der Waals surface area contributed by atoms with E-state index in [1.54, 1.807) is 0 Å². The quantitative estimate of drug-likeness (QED) is 0.837. The average molecular weight is 278 g/mol. The van der Waals surface area contributed by atoms with Crippen molar-refractivity contribution in [3.05, 3.63) is 29.8 Å². The number of benzene rings is 1. The van der Waals surface area contributed by atoms with E-state index in [1.807, 2.05) is 29.2 Å². The van der Waals surface area contributed by atoms with Crippen LogP contribution in [-0.4, -0.2) is 47.6 Å². The molecule has 0 saturated carbocycles. The molecular formula is C14H18N2O4. The zero-order valence-corrected chi connectivity index (χ0v) is 11.3. The molecule has 1 aromatic rings. The molecule has 0 saturated heterocycles. The Kier molecular flexibility index (Phi) is 4.57. The minimum Gasteiger partial charge on any atom is -0.492 e. The number of carbonyl (C=O) groups excluding carboxylic acids is 1. The maximum absolute atomic E-state index is 11.2. The van der Waals surface area contributed by atoms with Gasteiger partial charge in [-0.2, -0.15) is 0 Å². The Morgan fingerprint density at radius 3 is 2.90 bits per heavy atom. The first-order chi connectivity index (χ1) is 9.56. The molecule has 2 N–H and O–H groups in total. The number of ether oxygens (including phenoxy) is 1.